The molecule has 0 bridgehead atoms. The Balaban J connectivity index is 0.000000176. The molecule has 4 aromatic rings. The highest BCUT2D eigenvalue weighted by Gasteiger charge is 2.36. The average molecular weight is 605 g/mol. The number of H-pyrrole nitrogens is 2. The molecule has 2 fully saturated rings. The van der Waals surface area contributed by atoms with Crippen LogP contribution in [-0.4, -0.2) is 103 Å². The number of carbonyl (C=O) groups excluding carboxylic acids is 1. The summed E-state index contributed by atoms with van der Waals surface area (Å²) in [6, 6.07) is 0. The van der Waals surface area contributed by atoms with Crippen molar-refractivity contribution in [3.8, 4) is 0 Å². The maximum Gasteiger partial charge on any atom is 0.280 e. The van der Waals surface area contributed by atoms with Gasteiger partial charge in [-0.15, -0.1) is 0 Å². The Morgan fingerprint density at radius 2 is 1.44 bits per heavy atom. The van der Waals surface area contributed by atoms with Crippen LogP contribution in [0.5, 0.6) is 0 Å². The Morgan fingerprint density at radius 1 is 0.953 bits per heavy atom. The van der Waals surface area contributed by atoms with Crippen molar-refractivity contribution < 1.29 is 34.7 Å². The maximum absolute atomic E-state index is 12.1. The largest absolute Gasteiger partial charge is 0.394 e. The summed E-state index contributed by atoms with van der Waals surface area (Å²) >= 11 is 0. The number of carbonyl (C=O) groups is 1. The number of imidazole rings is 2. The standard InChI is InChI=1S/C14H19N5O5.C10H13N5O4/c1-6(2)12(22)17-14-16-11-10(13(23)18-14)15-5-19(11)9-3-7(21)8(4-20)24-9;11-10-13-8-7(9(18)14-10)12-3-15(8)6-1-4(17)5(2-16)19-6/h5-9,20-21H,3-4H2,1-2H3,(H2,16,17,18,22,23);3-6,16-17H,1-2H2,(H3,11,13,14,18). The molecule has 1 amide bonds. The van der Waals surface area contributed by atoms with E-state index in [0.717, 1.165) is 0 Å². The molecule has 232 valence electrons. The van der Waals surface area contributed by atoms with Crippen molar-refractivity contribution in [2.45, 2.75) is 63.6 Å². The Hall–Kier alpha value is -4.27. The van der Waals surface area contributed by atoms with E-state index in [0.29, 0.717) is 0 Å². The number of aliphatic hydroxyl groups excluding tert-OH is 4. The summed E-state index contributed by atoms with van der Waals surface area (Å²) in [7, 11) is 0. The van der Waals surface area contributed by atoms with Gasteiger partial charge in [-0.1, -0.05) is 13.8 Å². The van der Waals surface area contributed by atoms with Gasteiger partial charge in [0, 0.05) is 18.8 Å². The minimum absolute atomic E-state index is 0.0171. The van der Waals surface area contributed by atoms with E-state index in [1.807, 2.05) is 0 Å². The van der Waals surface area contributed by atoms with Crippen molar-refractivity contribution in [2.24, 2.45) is 5.92 Å². The molecule has 0 radical (unpaired) electrons. The second kappa shape index (κ2) is 12.1. The molecule has 6 atom stereocenters. The summed E-state index contributed by atoms with van der Waals surface area (Å²) in [5.74, 6) is -0.548. The molecule has 9 N–H and O–H groups in total. The molecule has 2 aliphatic heterocycles. The topological polar surface area (TPSA) is 282 Å². The quantitative estimate of drug-likeness (QED) is 0.115. The van der Waals surface area contributed by atoms with Gasteiger partial charge < -0.3 is 35.6 Å². The molecular weight excluding hydrogens is 572 g/mol. The third kappa shape index (κ3) is 5.98. The van der Waals surface area contributed by atoms with Crippen LogP contribution in [0.2, 0.25) is 0 Å². The first-order valence-electron chi connectivity index (χ1n) is 13.4. The van der Waals surface area contributed by atoms with Crippen LogP contribution in [0.4, 0.5) is 11.9 Å². The van der Waals surface area contributed by atoms with Crippen molar-refractivity contribution >= 4 is 40.1 Å². The smallest absolute Gasteiger partial charge is 0.280 e. The molecule has 19 heteroatoms. The number of hydrogen-bond acceptors (Lipinski definition) is 14. The Bertz CT molecular complexity index is 1730. The summed E-state index contributed by atoms with van der Waals surface area (Å²) in [5, 5.41) is 40.3. The van der Waals surface area contributed by atoms with E-state index in [4.69, 9.17) is 20.3 Å². The zero-order valence-electron chi connectivity index (χ0n) is 23.1. The second-order valence-electron chi connectivity index (χ2n) is 10.4. The molecule has 2 aliphatic rings. The van der Waals surface area contributed by atoms with Gasteiger partial charge in [0.2, 0.25) is 17.8 Å². The van der Waals surface area contributed by atoms with E-state index in [9.17, 15) is 29.7 Å². The molecule has 0 spiro atoms. The zero-order valence-corrected chi connectivity index (χ0v) is 23.1. The third-order valence-corrected chi connectivity index (χ3v) is 7.04. The monoisotopic (exact) mass is 604 g/mol. The van der Waals surface area contributed by atoms with Gasteiger partial charge in [-0.3, -0.25) is 38.8 Å². The molecule has 0 aliphatic carbocycles. The predicted molar refractivity (Wildman–Crippen MR) is 147 cm³/mol. The summed E-state index contributed by atoms with van der Waals surface area (Å²) < 4.78 is 14.1. The average Bonchev–Trinajstić information content (AvgIpc) is 3.73. The lowest BCUT2D eigenvalue weighted by molar-refractivity contribution is -0.118. The number of hydrogen-bond donors (Lipinski definition) is 8. The Labute approximate surface area is 241 Å². The van der Waals surface area contributed by atoms with Gasteiger partial charge in [0.15, 0.2) is 22.3 Å². The van der Waals surface area contributed by atoms with E-state index in [2.05, 4.69) is 35.2 Å². The van der Waals surface area contributed by atoms with Gasteiger partial charge in [0.05, 0.1) is 38.1 Å². The van der Waals surface area contributed by atoms with Gasteiger partial charge in [-0.2, -0.15) is 9.97 Å². The second-order valence-corrected chi connectivity index (χ2v) is 10.4. The Kier molecular flexibility index (Phi) is 8.53. The SMILES string of the molecule is CC(C)C(=O)Nc1nc2c(ncn2C2CC(O)C(CO)O2)c(=O)[nH]1.Nc1nc2c(ncn2C2CC(O)C(CO)O2)c(=O)[nH]1. The summed E-state index contributed by atoms with van der Waals surface area (Å²) in [6.07, 6.45) is -0.774. The molecule has 19 nitrogen and oxygen atoms in total. The van der Waals surface area contributed by atoms with Crippen LogP contribution in [0.1, 0.15) is 39.1 Å². The highest BCUT2D eigenvalue weighted by atomic mass is 16.5. The lowest BCUT2D eigenvalue weighted by Crippen LogP contribution is -2.24. The van der Waals surface area contributed by atoms with Gasteiger partial charge in [0.1, 0.15) is 24.7 Å². The molecule has 43 heavy (non-hydrogen) atoms. The number of nitrogens with zero attached hydrogens (tertiary/aromatic N) is 6. The van der Waals surface area contributed by atoms with Crippen LogP contribution in [0.3, 0.4) is 0 Å². The fourth-order valence-corrected chi connectivity index (χ4v) is 4.71. The number of nitrogens with two attached hydrogens (primary N) is 1. The number of aromatic nitrogens is 8. The fraction of sp³-hybridized carbons (Fsp3) is 0.542. The van der Waals surface area contributed by atoms with Crippen molar-refractivity contribution in [1.29, 1.82) is 0 Å². The van der Waals surface area contributed by atoms with E-state index in [-0.39, 0.29) is 72.1 Å². The van der Waals surface area contributed by atoms with E-state index in [1.54, 1.807) is 13.8 Å². The molecule has 6 rings (SSSR count). The summed E-state index contributed by atoms with van der Waals surface area (Å²) in [4.78, 5) is 56.6. The normalized spacial score (nSPS) is 25.4. The minimum atomic E-state index is -0.820. The highest BCUT2D eigenvalue weighted by molar-refractivity contribution is 5.91. The van der Waals surface area contributed by atoms with Crippen LogP contribution >= 0.6 is 0 Å². The molecule has 4 aromatic heterocycles. The number of aliphatic hydroxyl groups is 4. The number of nitrogens with one attached hydrogen (secondary N) is 3. The van der Waals surface area contributed by atoms with E-state index >= 15 is 0 Å². The first kappa shape index (κ1) is 30.2. The maximum atomic E-state index is 12.1. The molecule has 0 saturated carbocycles. The lowest BCUT2D eigenvalue weighted by Gasteiger charge is -2.14. The van der Waals surface area contributed by atoms with Crippen molar-refractivity contribution in [3.05, 3.63) is 33.4 Å². The number of amides is 1. The van der Waals surface area contributed by atoms with E-state index in [1.165, 1.54) is 21.8 Å². The van der Waals surface area contributed by atoms with E-state index < -0.39 is 48.0 Å². The fourth-order valence-electron chi connectivity index (χ4n) is 4.71. The number of rotatable bonds is 6. The van der Waals surface area contributed by atoms with Gasteiger partial charge in [0.25, 0.3) is 11.1 Å². The molecule has 0 aromatic carbocycles. The van der Waals surface area contributed by atoms with Gasteiger partial charge in [-0.25, -0.2) is 9.97 Å². The minimum Gasteiger partial charge on any atom is -0.394 e. The first-order valence-corrected chi connectivity index (χ1v) is 13.4. The van der Waals surface area contributed by atoms with Crippen LogP contribution in [0.25, 0.3) is 22.3 Å². The molecule has 6 unspecified atom stereocenters. The number of nitrogen functional groups attached to an aromatic ring is 1. The van der Waals surface area contributed by atoms with Crippen molar-refractivity contribution in [2.75, 3.05) is 24.3 Å². The number of ether oxygens (including phenoxy) is 2. The highest BCUT2D eigenvalue weighted by Crippen LogP contribution is 2.31. The lowest BCUT2D eigenvalue weighted by atomic mass is 10.2. The first-order chi connectivity index (χ1) is 20.5. The summed E-state index contributed by atoms with van der Waals surface area (Å²) in [5.41, 5.74) is 5.34. The number of anilines is 2. The van der Waals surface area contributed by atoms with Crippen LogP contribution < -0.4 is 22.2 Å². The predicted octanol–water partition coefficient (Wildman–Crippen LogP) is -2.30. The van der Waals surface area contributed by atoms with Crippen LogP contribution in [0, 0.1) is 5.92 Å². The van der Waals surface area contributed by atoms with Gasteiger partial charge in [-0.05, 0) is 0 Å². The summed E-state index contributed by atoms with van der Waals surface area (Å²) in [6.45, 7) is 2.85. The molecular formula is C24H32N10O9. The molecule has 2 saturated heterocycles. The zero-order chi connectivity index (χ0) is 31.0. The number of fused-ring (bicyclic) bond motifs is 2. The number of aromatic amines is 2. The van der Waals surface area contributed by atoms with Crippen LogP contribution in [0.15, 0.2) is 22.2 Å². The Morgan fingerprint density at radius 3 is 1.91 bits per heavy atom. The molecule has 6 heterocycles. The van der Waals surface area contributed by atoms with Crippen molar-refractivity contribution in [1.82, 2.24) is 39.0 Å². The van der Waals surface area contributed by atoms with Crippen molar-refractivity contribution in [3.63, 3.8) is 0 Å². The van der Waals surface area contributed by atoms with Gasteiger partial charge >= 0.3 is 0 Å². The third-order valence-electron chi connectivity index (χ3n) is 7.04. The van der Waals surface area contributed by atoms with Crippen LogP contribution in [-0.2, 0) is 14.3 Å².